The van der Waals surface area contributed by atoms with Crippen LogP contribution in [-0.2, 0) is 11.2 Å². The Bertz CT molecular complexity index is 454. The second kappa shape index (κ2) is 7.87. The van der Waals surface area contributed by atoms with Gasteiger partial charge in [0, 0.05) is 37.9 Å². The minimum atomic E-state index is 0. The van der Waals surface area contributed by atoms with E-state index in [-0.39, 0.29) is 30.7 Å². The third-order valence-corrected chi connectivity index (χ3v) is 4.07. The molecule has 1 amide bonds. The minimum absolute atomic E-state index is 0. The van der Waals surface area contributed by atoms with Crippen LogP contribution >= 0.6 is 24.8 Å². The van der Waals surface area contributed by atoms with E-state index in [0.717, 1.165) is 43.5 Å². The quantitative estimate of drug-likeness (QED) is 0.861. The van der Waals surface area contributed by atoms with Gasteiger partial charge in [0.2, 0.25) is 5.91 Å². The number of amides is 1. The van der Waals surface area contributed by atoms with E-state index in [4.69, 9.17) is 5.73 Å². The first-order chi connectivity index (χ1) is 9.22. The van der Waals surface area contributed by atoms with Crippen molar-refractivity contribution in [2.24, 2.45) is 0 Å². The van der Waals surface area contributed by atoms with Crippen molar-refractivity contribution in [2.75, 3.05) is 31.9 Å². The fraction of sp³-hybridized carbons (Fsp3) is 0.533. The molecule has 1 aromatic rings. The summed E-state index contributed by atoms with van der Waals surface area (Å²) in [5.41, 5.74) is 7.44. The van der Waals surface area contributed by atoms with E-state index in [1.165, 1.54) is 12.8 Å². The number of nitrogens with zero attached hydrogens (tertiary/aromatic N) is 2. The highest BCUT2D eigenvalue weighted by molar-refractivity contribution is 5.85. The molecule has 1 heterocycles. The standard InChI is InChI=1S/C15H21N3O.2ClH/c16-13-3-1-12(2-4-13)11-15(19)18-9-7-17(8-10-18)14-5-6-14;;/h1-4,14H,5-11,16H2;2*1H. The average molecular weight is 332 g/mol. The summed E-state index contributed by atoms with van der Waals surface area (Å²) in [6.07, 6.45) is 3.18. The Kier molecular flexibility index (Phi) is 6.78. The van der Waals surface area contributed by atoms with Crippen molar-refractivity contribution in [2.45, 2.75) is 25.3 Å². The Labute approximate surface area is 138 Å². The van der Waals surface area contributed by atoms with E-state index in [1.54, 1.807) is 0 Å². The molecule has 0 bridgehead atoms. The van der Waals surface area contributed by atoms with Crippen molar-refractivity contribution in [3.8, 4) is 0 Å². The molecule has 2 N–H and O–H groups in total. The lowest BCUT2D eigenvalue weighted by Gasteiger charge is -2.34. The van der Waals surface area contributed by atoms with Crippen LogP contribution in [-0.4, -0.2) is 47.9 Å². The predicted octanol–water partition coefficient (Wildman–Crippen LogP) is 1.96. The molecule has 2 aliphatic rings. The van der Waals surface area contributed by atoms with Crippen molar-refractivity contribution in [1.82, 2.24) is 9.80 Å². The molecule has 1 aliphatic heterocycles. The van der Waals surface area contributed by atoms with E-state index in [1.807, 2.05) is 29.2 Å². The van der Waals surface area contributed by atoms with Gasteiger partial charge in [-0.05, 0) is 30.5 Å². The minimum Gasteiger partial charge on any atom is -0.399 e. The lowest BCUT2D eigenvalue weighted by Crippen LogP contribution is -2.49. The average Bonchev–Trinajstić information content (AvgIpc) is 3.26. The first kappa shape index (κ1) is 18.1. The molecular weight excluding hydrogens is 309 g/mol. The summed E-state index contributed by atoms with van der Waals surface area (Å²) in [6.45, 7) is 3.84. The van der Waals surface area contributed by atoms with Gasteiger partial charge in [0.1, 0.15) is 0 Å². The van der Waals surface area contributed by atoms with Crippen LogP contribution < -0.4 is 5.73 Å². The fourth-order valence-electron chi connectivity index (χ4n) is 2.70. The molecule has 118 valence electrons. The number of carbonyl (C=O) groups excluding carboxylic acids is 1. The maximum atomic E-state index is 12.2. The summed E-state index contributed by atoms with van der Waals surface area (Å²) in [7, 11) is 0. The third-order valence-electron chi connectivity index (χ3n) is 4.07. The van der Waals surface area contributed by atoms with E-state index in [2.05, 4.69) is 4.90 Å². The Balaban J connectivity index is 0.00000110. The van der Waals surface area contributed by atoms with E-state index in [9.17, 15) is 4.79 Å². The zero-order valence-corrected chi connectivity index (χ0v) is 13.7. The van der Waals surface area contributed by atoms with Gasteiger partial charge in [0.15, 0.2) is 0 Å². The van der Waals surface area contributed by atoms with Crippen LogP contribution in [0.2, 0.25) is 0 Å². The second-order valence-corrected chi connectivity index (χ2v) is 5.57. The molecule has 0 spiro atoms. The highest BCUT2D eigenvalue weighted by atomic mass is 35.5. The van der Waals surface area contributed by atoms with Crippen molar-refractivity contribution in [3.63, 3.8) is 0 Å². The van der Waals surface area contributed by atoms with Crippen LogP contribution in [0.4, 0.5) is 5.69 Å². The molecule has 0 radical (unpaired) electrons. The molecule has 0 unspecified atom stereocenters. The summed E-state index contributed by atoms with van der Waals surface area (Å²) in [4.78, 5) is 16.7. The number of halogens is 2. The first-order valence-electron chi connectivity index (χ1n) is 7.08. The number of rotatable bonds is 3. The zero-order valence-electron chi connectivity index (χ0n) is 12.0. The summed E-state index contributed by atoms with van der Waals surface area (Å²) in [5, 5.41) is 0. The summed E-state index contributed by atoms with van der Waals surface area (Å²) in [6, 6.07) is 8.40. The van der Waals surface area contributed by atoms with Crippen LogP contribution in [0, 0.1) is 0 Å². The molecule has 3 rings (SSSR count). The molecule has 21 heavy (non-hydrogen) atoms. The SMILES string of the molecule is Cl.Cl.Nc1ccc(CC(=O)N2CCN(C3CC3)CC2)cc1. The van der Waals surface area contributed by atoms with Crippen molar-refractivity contribution < 1.29 is 4.79 Å². The largest absolute Gasteiger partial charge is 0.399 e. The van der Waals surface area contributed by atoms with Crippen LogP contribution in [0.15, 0.2) is 24.3 Å². The molecule has 1 aliphatic carbocycles. The van der Waals surface area contributed by atoms with Gasteiger partial charge in [-0.25, -0.2) is 0 Å². The van der Waals surface area contributed by atoms with E-state index < -0.39 is 0 Å². The third kappa shape index (κ3) is 4.77. The number of hydrogen-bond donors (Lipinski definition) is 1. The first-order valence-corrected chi connectivity index (χ1v) is 7.08. The number of carbonyl (C=O) groups is 1. The molecule has 1 saturated carbocycles. The molecule has 1 saturated heterocycles. The zero-order chi connectivity index (χ0) is 13.2. The maximum Gasteiger partial charge on any atom is 0.227 e. The summed E-state index contributed by atoms with van der Waals surface area (Å²) < 4.78 is 0. The number of benzene rings is 1. The van der Waals surface area contributed by atoms with Crippen LogP contribution in [0.5, 0.6) is 0 Å². The van der Waals surface area contributed by atoms with E-state index in [0.29, 0.717) is 6.42 Å². The predicted molar refractivity (Wildman–Crippen MR) is 90.2 cm³/mol. The highest BCUT2D eigenvalue weighted by Crippen LogP contribution is 2.27. The Morgan fingerprint density at radius 3 is 2.14 bits per heavy atom. The Hall–Kier alpha value is -0.970. The van der Waals surface area contributed by atoms with Crippen LogP contribution in [0.1, 0.15) is 18.4 Å². The second-order valence-electron chi connectivity index (χ2n) is 5.57. The van der Waals surface area contributed by atoms with Gasteiger partial charge >= 0.3 is 0 Å². The number of anilines is 1. The van der Waals surface area contributed by atoms with Gasteiger partial charge in [-0.15, -0.1) is 24.8 Å². The summed E-state index contributed by atoms with van der Waals surface area (Å²) in [5.74, 6) is 0.236. The molecule has 0 aromatic heterocycles. The van der Waals surface area contributed by atoms with Crippen molar-refractivity contribution in [1.29, 1.82) is 0 Å². The molecular formula is C15H23Cl2N3O. The topological polar surface area (TPSA) is 49.6 Å². The highest BCUT2D eigenvalue weighted by Gasteiger charge is 2.32. The van der Waals surface area contributed by atoms with Crippen molar-refractivity contribution in [3.05, 3.63) is 29.8 Å². The lowest BCUT2D eigenvalue weighted by atomic mass is 10.1. The van der Waals surface area contributed by atoms with Gasteiger partial charge < -0.3 is 10.6 Å². The Morgan fingerprint density at radius 1 is 1.05 bits per heavy atom. The van der Waals surface area contributed by atoms with Crippen LogP contribution in [0.25, 0.3) is 0 Å². The maximum absolute atomic E-state index is 12.2. The van der Waals surface area contributed by atoms with Gasteiger partial charge in [0.05, 0.1) is 6.42 Å². The molecule has 1 aromatic carbocycles. The summed E-state index contributed by atoms with van der Waals surface area (Å²) >= 11 is 0. The number of hydrogen-bond acceptors (Lipinski definition) is 3. The van der Waals surface area contributed by atoms with Gasteiger partial charge in [-0.3, -0.25) is 9.69 Å². The molecule has 4 nitrogen and oxygen atoms in total. The smallest absolute Gasteiger partial charge is 0.227 e. The monoisotopic (exact) mass is 331 g/mol. The molecule has 0 atom stereocenters. The van der Waals surface area contributed by atoms with Crippen molar-refractivity contribution >= 4 is 36.4 Å². The molecule has 2 fully saturated rings. The van der Waals surface area contributed by atoms with E-state index >= 15 is 0 Å². The Morgan fingerprint density at radius 2 is 1.62 bits per heavy atom. The van der Waals surface area contributed by atoms with Gasteiger partial charge in [0.25, 0.3) is 0 Å². The van der Waals surface area contributed by atoms with Crippen LogP contribution in [0.3, 0.4) is 0 Å². The van der Waals surface area contributed by atoms with Gasteiger partial charge in [-0.2, -0.15) is 0 Å². The normalized spacial score (nSPS) is 18.6. The number of nitrogens with two attached hydrogens (primary N) is 1. The number of piperazine rings is 1. The van der Waals surface area contributed by atoms with Gasteiger partial charge in [-0.1, -0.05) is 12.1 Å². The lowest BCUT2D eigenvalue weighted by molar-refractivity contribution is -0.132. The molecule has 6 heteroatoms. The number of nitrogen functional groups attached to an aromatic ring is 1. The fourth-order valence-corrected chi connectivity index (χ4v) is 2.70.